The van der Waals surface area contributed by atoms with Crippen LogP contribution in [0.1, 0.15) is 77.2 Å². The van der Waals surface area contributed by atoms with Gasteiger partial charge in [-0.05, 0) is 60.8 Å². The molecule has 0 spiro atoms. The van der Waals surface area contributed by atoms with E-state index in [1.54, 1.807) is 6.07 Å². The fourth-order valence-corrected chi connectivity index (χ4v) is 4.04. The molecule has 0 aliphatic heterocycles. The standard InChI is InChI=1S/C22H26F2O.C3H8/c1-3-4-15-5-7-16(8-6-15)17-9-11-18(12-10-17)19-13-14-20(25-2)22(24)21(19)23;1-3-2/h9-16H,3-8H2,1-2H3;3H2,1-2H3. The Kier molecular flexibility index (Phi) is 8.95. The molecule has 0 unspecified atom stereocenters. The van der Waals surface area contributed by atoms with Crippen molar-refractivity contribution in [3.05, 3.63) is 53.6 Å². The molecule has 1 nitrogen and oxygen atoms in total. The van der Waals surface area contributed by atoms with Crippen LogP contribution in [0.4, 0.5) is 8.78 Å². The smallest absolute Gasteiger partial charge is 0.201 e. The Morgan fingerprint density at radius 1 is 0.857 bits per heavy atom. The first-order valence-corrected chi connectivity index (χ1v) is 10.7. The van der Waals surface area contributed by atoms with E-state index in [-0.39, 0.29) is 11.3 Å². The number of hydrogen-bond donors (Lipinski definition) is 0. The van der Waals surface area contributed by atoms with Crippen LogP contribution >= 0.6 is 0 Å². The Labute approximate surface area is 169 Å². The molecule has 0 heterocycles. The quantitative estimate of drug-likeness (QED) is 0.502. The van der Waals surface area contributed by atoms with Crippen molar-refractivity contribution in [3.63, 3.8) is 0 Å². The lowest BCUT2D eigenvalue weighted by Gasteiger charge is -2.28. The van der Waals surface area contributed by atoms with Crippen molar-refractivity contribution in [1.82, 2.24) is 0 Å². The van der Waals surface area contributed by atoms with Gasteiger partial charge in [-0.1, -0.05) is 64.3 Å². The van der Waals surface area contributed by atoms with E-state index < -0.39 is 11.6 Å². The zero-order valence-corrected chi connectivity index (χ0v) is 17.7. The average Bonchev–Trinajstić information content (AvgIpc) is 2.72. The highest BCUT2D eigenvalue weighted by Crippen LogP contribution is 2.38. The van der Waals surface area contributed by atoms with Gasteiger partial charge in [-0.2, -0.15) is 4.39 Å². The molecular formula is C25H34F2O. The van der Waals surface area contributed by atoms with E-state index in [0.29, 0.717) is 11.5 Å². The minimum Gasteiger partial charge on any atom is -0.494 e. The van der Waals surface area contributed by atoms with Crippen molar-refractivity contribution in [3.8, 4) is 16.9 Å². The number of rotatable bonds is 5. The van der Waals surface area contributed by atoms with Crippen LogP contribution < -0.4 is 4.74 Å². The van der Waals surface area contributed by atoms with Crippen molar-refractivity contribution in [1.29, 1.82) is 0 Å². The minimum atomic E-state index is -0.932. The van der Waals surface area contributed by atoms with Crippen LogP contribution in [0.3, 0.4) is 0 Å². The molecule has 0 radical (unpaired) electrons. The monoisotopic (exact) mass is 388 g/mol. The molecule has 0 N–H and O–H groups in total. The molecule has 0 saturated heterocycles. The van der Waals surface area contributed by atoms with Gasteiger partial charge in [-0.15, -0.1) is 0 Å². The Balaban J connectivity index is 0.000000878. The zero-order chi connectivity index (χ0) is 20.5. The van der Waals surface area contributed by atoms with Crippen molar-refractivity contribution in [2.75, 3.05) is 7.11 Å². The topological polar surface area (TPSA) is 9.23 Å². The van der Waals surface area contributed by atoms with E-state index in [9.17, 15) is 8.78 Å². The van der Waals surface area contributed by atoms with Gasteiger partial charge in [0.15, 0.2) is 11.6 Å². The number of ether oxygens (including phenoxy) is 1. The molecule has 0 atom stereocenters. The van der Waals surface area contributed by atoms with Crippen molar-refractivity contribution in [2.24, 2.45) is 5.92 Å². The zero-order valence-electron chi connectivity index (χ0n) is 17.7. The second-order valence-corrected chi connectivity index (χ2v) is 7.78. The van der Waals surface area contributed by atoms with Crippen molar-refractivity contribution >= 4 is 0 Å². The third-order valence-electron chi connectivity index (χ3n) is 5.50. The minimum absolute atomic E-state index is 0.0679. The molecule has 1 fully saturated rings. The van der Waals surface area contributed by atoms with E-state index >= 15 is 0 Å². The highest BCUT2D eigenvalue weighted by atomic mass is 19.2. The summed E-state index contributed by atoms with van der Waals surface area (Å²) in [6, 6.07) is 11.0. The highest BCUT2D eigenvalue weighted by molar-refractivity contribution is 5.65. The normalized spacial score (nSPS) is 18.9. The van der Waals surface area contributed by atoms with Gasteiger partial charge in [0.2, 0.25) is 5.82 Å². The molecule has 1 aliphatic carbocycles. The Morgan fingerprint density at radius 2 is 1.46 bits per heavy atom. The summed E-state index contributed by atoms with van der Waals surface area (Å²) in [5, 5.41) is 0. The molecule has 0 aromatic heterocycles. The molecule has 1 aliphatic rings. The summed E-state index contributed by atoms with van der Waals surface area (Å²) in [4.78, 5) is 0. The fourth-order valence-electron chi connectivity index (χ4n) is 4.04. The van der Waals surface area contributed by atoms with Gasteiger partial charge >= 0.3 is 0 Å². The second-order valence-electron chi connectivity index (χ2n) is 7.78. The van der Waals surface area contributed by atoms with Gasteiger partial charge in [0.1, 0.15) is 0 Å². The second kappa shape index (κ2) is 11.2. The molecule has 2 aromatic rings. The summed E-state index contributed by atoms with van der Waals surface area (Å²) in [7, 11) is 1.33. The molecule has 1 saturated carbocycles. The molecule has 0 amide bonds. The average molecular weight is 389 g/mol. The number of methoxy groups -OCH3 is 1. The lowest BCUT2D eigenvalue weighted by atomic mass is 9.77. The summed E-state index contributed by atoms with van der Waals surface area (Å²) in [5.41, 5.74) is 2.28. The van der Waals surface area contributed by atoms with Crippen molar-refractivity contribution < 1.29 is 13.5 Å². The molecule has 2 aromatic carbocycles. The van der Waals surface area contributed by atoms with Gasteiger partial charge in [-0.25, -0.2) is 4.39 Å². The SMILES string of the molecule is CCC.CCCC1CCC(c2ccc(-c3ccc(OC)c(F)c3F)cc2)CC1. The van der Waals surface area contributed by atoms with Crippen LogP contribution in [0.5, 0.6) is 5.75 Å². The van der Waals surface area contributed by atoms with Crippen molar-refractivity contribution in [2.45, 2.75) is 71.6 Å². The number of benzene rings is 2. The fraction of sp³-hybridized carbons (Fsp3) is 0.520. The summed E-state index contributed by atoms with van der Waals surface area (Å²) in [5.74, 6) is -0.372. The van der Waals surface area contributed by atoms with Crippen LogP contribution in [0, 0.1) is 17.6 Å². The number of halogens is 2. The first kappa shape index (κ1) is 22.4. The van der Waals surface area contributed by atoms with Gasteiger partial charge in [0.25, 0.3) is 0 Å². The maximum absolute atomic E-state index is 14.3. The van der Waals surface area contributed by atoms with Crippen LogP contribution in [0.25, 0.3) is 11.1 Å². The molecule has 3 heteroatoms. The van der Waals surface area contributed by atoms with Crippen LogP contribution in [-0.2, 0) is 0 Å². The predicted molar refractivity (Wildman–Crippen MR) is 114 cm³/mol. The van der Waals surface area contributed by atoms with E-state index in [4.69, 9.17) is 4.74 Å². The Bertz CT molecular complexity index is 716. The lowest BCUT2D eigenvalue weighted by molar-refractivity contribution is 0.308. The van der Waals surface area contributed by atoms with Gasteiger partial charge in [0, 0.05) is 5.56 Å². The molecule has 3 rings (SSSR count). The Hall–Kier alpha value is -1.90. The van der Waals surface area contributed by atoms with Gasteiger partial charge in [-0.3, -0.25) is 0 Å². The maximum atomic E-state index is 14.3. The van der Waals surface area contributed by atoms with E-state index in [1.807, 2.05) is 12.1 Å². The largest absolute Gasteiger partial charge is 0.494 e. The lowest BCUT2D eigenvalue weighted by Crippen LogP contribution is -2.13. The highest BCUT2D eigenvalue weighted by Gasteiger charge is 2.22. The van der Waals surface area contributed by atoms with E-state index in [0.717, 1.165) is 5.92 Å². The third kappa shape index (κ3) is 5.56. The first-order chi connectivity index (χ1) is 13.5. The summed E-state index contributed by atoms with van der Waals surface area (Å²) in [6.07, 6.45) is 8.93. The van der Waals surface area contributed by atoms with Gasteiger partial charge < -0.3 is 4.74 Å². The van der Waals surface area contributed by atoms with Crippen LogP contribution in [0.2, 0.25) is 0 Å². The number of hydrogen-bond acceptors (Lipinski definition) is 1. The maximum Gasteiger partial charge on any atom is 0.201 e. The van der Waals surface area contributed by atoms with E-state index in [2.05, 4.69) is 32.9 Å². The Morgan fingerprint density at radius 3 is 2.00 bits per heavy atom. The summed E-state index contributed by atoms with van der Waals surface area (Å²) < 4.78 is 33.0. The molecular weight excluding hydrogens is 354 g/mol. The molecule has 28 heavy (non-hydrogen) atoms. The predicted octanol–water partition coefficient (Wildman–Crippen LogP) is 8.13. The molecule has 0 bridgehead atoms. The molecule has 154 valence electrons. The van der Waals surface area contributed by atoms with E-state index in [1.165, 1.54) is 63.7 Å². The summed E-state index contributed by atoms with van der Waals surface area (Å²) >= 11 is 0. The summed E-state index contributed by atoms with van der Waals surface area (Å²) in [6.45, 7) is 6.51. The first-order valence-electron chi connectivity index (χ1n) is 10.7. The van der Waals surface area contributed by atoms with Gasteiger partial charge in [0.05, 0.1) is 7.11 Å². The van der Waals surface area contributed by atoms with Crippen LogP contribution in [-0.4, -0.2) is 7.11 Å². The van der Waals surface area contributed by atoms with Crippen LogP contribution in [0.15, 0.2) is 36.4 Å². The third-order valence-corrected chi connectivity index (χ3v) is 5.50.